The van der Waals surface area contributed by atoms with Crippen molar-refractivity contribution in [2.45, 2.75) is 0 Å². The molecule has 0 saturated carbocycles. The number of anilines is 3. The summed E-state index contributed by atoms with van der Waals surface area (Å²) in [6, 6.07) is 9.76. The quantitative estimate of drug-likeness (QED) is 0.302. The third kappa shape index (κ3) is 5.36. The van der Waals surface area contributed by atoms with Crippen molar-refractivity contribution in [3.8, 4) is 11.3 Å². The van der Waals surface area contributed by atoms with Crippen LogP contribution in [0.5, 0.6) is 0 Å². The molecule has 182 valence electrons. The summed E-state index contributed by atoms with van der Waals surface area (Å²) in [6.45, 7) is 5.21. The zero-order valence-electron chi connectivity index (χ0n) is 18.9. The van der Waals surface area contributed by atoms with Gasteiger partial charge in [0.2, 0.25) is 17.8 Å². The summed E-state index contributed by atoms with van der Waals surface area (Å²) >= 11 is 0. The molecule has 4 heterocycles. The van der Waals surface area contributed by atoms with E-state index in [0.717, 1.165) is 0 Å². The van der Waals surface area contributed by atoms with Gasteiger partial charge in [-0.3, -0.25) is 10.1 Å². The van der Waals surface area contributed by atoms with Gasteiger partial charge in [-0.25, -0.2) is 5.43 Å². The smallest absolute Gasteiger partial charge is 0.280 e. The van der Waals surface area contributed by atoms with E-state index in [-0.39, 0.29) is 5.69 Å². The number of hydrazone groups is 1. The van der Waals surface area contributed by atoms with Crippen molar-refractivity contribution in [3.63, 3.8) is 0 Å². The largest absolute Gasteiger partial charge is 0.455 e. The molecule has 5 rings (SSSR count). The number of nitrogens with zero attached hydrogens (tertiary/aromatic N) is 7. The maximum absolute atomic E-state index is 11.3. The Bertz CT molecular complexity index is 1170. The van der Waals surface area contributed by atoms with Crippen molar-refractivity contribution >= 4 is 29.7 Å². The summed E-state index contributed by atoms with van der Waals surface area (Å²) < 4.78 is 16.6. The lowest BCUT2D eigenvalue weighted by molar-refractivity contribution is -0.384. The van der Waals surface area contributed by atoms with Crippen LogP contribution in [0.4, 0.5) is 23.5 Å². The van der Waals surface area contributed by atoms with Crippen LogP contribution in [0.15, 0.2) is 45.9 Å². The second-order valence-corrected chi connectivity index (χ2v) is 7.80. The van der Waals surface area contributed by atoms with E-state index in [1.807, 2.05) is 0 Å². The highest BCUT2D eigenvalue weighted by Gasteiger charge is 2.21. The van der Waals surface area contributed by atoms with Crippen molar-refractivity contribution in [2.75, 3.05) is 67.8 Å². The van der Waals surface area contributed by atoms with Gasteiger partial charge in [0.25, 0.3) is 5.69 Å². The minimum Gasteiger partial charge on any atom is -0.455 e. The van der Waals surface area contributed by atoms with Gasteiger partial charge in [-0.05, 0) is 18.2 Å². The Balaban J connectivity index is 1.34. The van der Waals surface area contributed by atoms with Crippen molar-refractivity contribution < 1.29 is 18.8 Å². The van der Waals surface area contributed by atoms with Crippen LogP contribution in [-0.4, -0.2) is 78.7 Å². The first-order chi connectivity index (χ1) is 17.2. The number of nitro benzene ring substituents is 1. The zero-order chi connectivity index (χ0) is 24.0. The Kier molecular flexibility index (Phi) is 6.77. The lowest BCUT2D eigenvalue weighted by Gasteiger charge is -2.30. The van der Waals surface area contributed by atoms with Gasteiger partial charge in [0.15, 0.2) is 0 Å². The number of nitrogens with one attached hydrogen (secondary N) is 1. The number of ether oxygens (including phenoxy) is 2. The normalized spacial score (nSPS) is 16.6. The van der Waals surface area contributed by atoms with Crippen molar-refractivity contribution in [3.05, 3.63) is 52.3 Å². The standard InChI is InChI=1S/C22H24N8O5/c31-30(32)18-4-2-1-3-17(18)19-6-5-16(35-19)15-23-27-20-24-21(28-7-11-33-12-8-28)26-22(25-20)29-9-13-34-14-10-29/h1-6,15H,7-14H2,(H,24,25,26,27)/b23-15-. The predicted octanol–water partition coefficient (Wildman–Crippen LogP) is 2.16. The second-order valence-electron chi connectivity index (χ2n) is 7.80. The van der Waals surface area contributed by atoms with E-state index in [4.69, 9.17) is 13.9 Å². The Hall–Kier alpha value is -4.10. The molecule has 1 N–H and O–H groups in total. The van der Waals surface area contributed by atoms with E-state index in [2.05, 4.69) is 35.3 Å². The first kappa shape index (κ1) is 22.7. The van der Waals surface area contributed by atoms with Crippen LogP contribution >= 0.6 is 0 Å². The summed E-state index contributed by atoms with van der Waals surface area (Å²) in [5.74, 6) is 2.20. The van der Waals surface area contributed by atoms with Crippen LogP contribution < -0.4 is 15.2 Å². The molecule has 13 nitrogen and oxygen atoms in total. The molecule has 3 aromatic rings. The van der Waals surface area contributed by atoms with Crippen LogP contribution in [0.3, 0.4) is 0 Å². The first-order valence-corrected chi connectivity index (χ1v) is 11.2. The molecule has 1 aromatic carbocycles. The Morgan fingerprint density at radius 3 is 2.17 bits per heavy atom. The lowest BCUT2D eigenvalue weighted by Crippen LogP contribution is -2.40. The van der Waals surface area contributed by atoms with Crippen molar-refractivity contribution in [1.29, 1.82) is 0 Å². The molecule has 0 amide bonds. The number of hydrogen-bond donors (Lipinski definition) is 1. The second kappa shape index (κ2) is 10.4. The highest BCUT2D eigenvalue weighted by Crippen LogP contribution is 2.30. The first-order valence-electron chi connectivity index (χ1n) is 11.2. The lowest BCUT2D eigenvalue weighted by atomic mass is 10.1. The van der Waals surface area contributed by atoms with Gasteiger partial charge in [0.1, 0.15) is 11.5 Å². The molecular weight excluding hydrogens is 456 g/mol. The number of aromatic nitrogens is 3. The van der Waals surface area contributed by atoms with Gasteiger partial charge < -0.3 is 23.7 Å². The zero-order valence-corrected chi connectivity index (χ0v) is 18.9. The summed E-state index contributed by atoms with van der Waals surface area (Å²) in [7, 11) is 0. The number of rotatable bonds is 7. The molecule has 0 aliphatic carbocycles. The number of morpholine rings is 2. The molecule has 2 fully saturated rings. The molecule has 2 aromatic heterocycles. The highest BCUT2D eigenvalue weighted by atomic mass is 16.6. The fraction of sp³-hybridized carbons (Fsp3) is 0.364. The van der Waals surface area contributed by atoms with Gasteiger partial charge in [-0.1, -0.05) is 12.1 Å². The minimum atomic E-state index is -0.438. The summed E-state index contributed by atoms with van der Waals surface area (Å²) in [6.07, 6.45) is 1.46. The summed E-state index contributed by atoms with van der Waals surface area (Å²) in [4.78, 5) is 28.7. The maximum atomic E-state index is 11.3. The summed E-state index contributed by atoms with van der Waals surface area (Å²) in [5.41, 5.74) is 3.22. The molecule has 35 heavy (non-hydrogen) atoms. The van der Waals surface area contributed by atoms with E-state index in [1.54, 1.807) is 30.3 Å². The van der Waals surface area contributed by atoms with Gasteiger partial charge in [0.05, 0.1) is 43.1 Å². The number of benzene rings is 1. The number of para-hydroxylation sites is 1. The third-order valence-electron chi connectivity index (χ3n) is 5.55. The van der Waals surface area contributed by atoms with E-state index >= 15 is 0 Å². The van der Waals surface area contributed by atoms with E-state index in [9.17, 15) is 10.1 Å². The van der Waals surface area contributed by atoms with Crippen LogP contribution in [0, 0.1) is 10.1 Å². The minimum absolute atomic E-state index is 0.0278. The van der Waals surface area contributed by atoms with E-state index < -0.39 is 4.92 Å². The van der Waals surface area contributed by atoms with Crippen LogP contribution in [0.25, 0.3) is 11.3 Å². The average molecular weight is 480 g/mol. The van der Waals surface area contributed by atoms with Gasteiger partial charge in [0, 0.05) is 32.2 Å². The van der Waals surface area contributed by atoms with Gasteiger partial charge >= 0.3 is 0 Å². The van der Waals surface area contributed by atoms with Crippen molar-refractivity contribution in [2.24, 2.45) is 5.10 Å². The molecule has 0 radical (unpaired) electrons. The Morgan fingerprint density at radius 1 is 0.914 bits per heavy atom. The van der Waals surface area contributed by atoms with E-state index in [0.29, 0.717) is 87.5 Å². The predicted molar refractivity (Wildman–Crippen MR) is 128 cm³/mol. The molecule has 0 bridgehead atoms. The third-order valence-corrected chi connectivity index (χ3v) is 5.55. The van der Waals surface area contributed by atoms with Crippen LogP contribution in [0.2, 0.25) is 0 Å². The molecular formula is C22H24N8O5. The topological polar surface area (TPSA) is 144 Å². The maximum Gasteiger partial charge on any atom is 0.280 e. The number of furan rings is 1. The van der Waals surface area contributed by atoms with Crippen LogP contribution in [-0.2, 0) is 9.47 Å². The Labute approximate surface area is 200 Å². The SMILES string of the molecule is O=[N+]([O-])c1ccccc1-c1ccc(/C=N\Nc2nc(N3CCOCC3)nc(N3CCOCC3)n2)o1. The van der Waals surface area contributed by atoms with E-state index in [1.165, 1.54) is 12.3 Å². The monoisotopic (exact) mass is 480 g/mol. The molecule has 13 heteroatoms. The summed E-state index contributed by atoms with van der Waals surface area (Å²) in [5, 5.41) is 15.5. The fourth-order valence-corrected chi connectivity index (χ4v) is 3.78. The van der Waals surface area contributed by atoms with Crippen molar-refractivity contribution in [1.82, 2.24) is 15.0 Å². The average Bonchev–Trinajstić information content (AvgIpc) is 3.38. The van der Waals surface area contributed by atoms with Crippen LogP contribution in [0.1, 0.15) is 5.76 Å². The van der Waals surface area contributed by atoms with Gasteiger partial charge in [-0.2, -0.15) is 20.1 Å². The Morgan fingerprint density at radius 2 is 1.54 bits per heavy atom. The number of hydrogen-bond acceptors (Lipinski definition) is 12. The molecule has 0 unspecified atom stereocenters. The molecule has 2 aliphatic rings. The van der Waals surface area contributed by atoms with Gasteiger partial charge in [-0.15, -0.1) is 0 Å². The fourth-order valence-electron chi connectivity index (χ4n) is 3.78. The highest BCUT2D eigenvalue weighted by molar-refractivity contribution is 5.79. The number of nitro groups is 1. The molecule has 2 saturated heterocycles. The molecule has 0 atom stereocenters. The molecule has 2 aliphatic heterocycles. The molecule has 0 spiro atoms.